The Morgan fingerprint density at radius 3 is 1.89 bits per heavy atom. The van der Waals surface area contributed by atoms with Gasteiger partial charge in [-0.1, -0.05) is 6.92 Å². The minimum atomic E-state index is -0.637. The molecule has 2 aromatic carbocycles. The molecular formula is C29H36O6. The zero-order valence-electron chi connectivity index (χ0n) is 22.0. The minimum absolute atomic E-state index is 0.206. The van der Waals surface area contributed by atoms with E-state index in [4.69, 9.17) is 14.2 Å². The first kappa shape index (κ1) is 27.8. The van der Waals surface area contributed by atoms with Gasteiger partial charge in [-0.05, 0) is 103 Å². The fourth-order valence-corrected chi connectivity index (χ4v) is 2.87. The van der Waals surface area contributed by atoms with Gasteiger partial charge in [0.05, 0.1) is 17.4 Å². The Bertz CT molecular complexity index is 1100. The van der Waals surface area contributed by atoms with Gasteiger partial charge in [0.1, 0.15) is 17.2 Å². The van der Waals surface area contributed by atoms with E-state index in [2.05, 4.69) is 0 Å². The third-order valence-corrected chi connectivity index (χ3v) is 5.06. The van der Waals surface area contributed by atoms with Crippen LogP contribution < -0.4 is 14.2 Å². The number of rotatable bonds is 8. The van der Waals surface area contributed by atoms with Crippen molar-refractivity contribution in [2.24, 2.45) is 10.8 Å². The van der Waals surface area contributed by atoms with Crippen LogP contribution in [0, 0.1) is 10.8 Å². The quantitative estimate of drug-likeness (QED) is 0.187. The fourth-order valence-electron chi connectivity index (χ4n) is 2.87. The van der Waals surface area contributed by atoms with Crippen LogP contribution in [0.2, 0.25) is 0 Å². The number of hydrogen-bond donors (Lipinski definition) is 0. The van der Waals surface area contributed by atoms with E-state index in [-0.39, 0.29) is 17.7 Å². The highest BCUT2D eigenvalue weighted by atomic mass is 16.5. The molecule has 0 saturated carbocycles. The number of allylic oxidation sites excluding steroid dienone is 1. The molecule has 0 bridgehead atoms. The molecule has 6 heteroatoms. The van der Waals surface area contributed by atoms with E-state index in [1.807, 2.05) is 19.9 Å². The second-order valence-electron chi connectivity index (χ2n) is 10.3. The first-order valence-corrected chi connectivity index (χ1v) is 11.8. The standard InChI is InChI=1S/C29H36O6/c1-9-19-17-21(24(33-10-2)18-25(19)35-27(32)29(6,7)8)13-16-23(30)20-11-14-22(15-12-20)34-26(31)28(3,4)5/h11-18H,9-10H2,1-8H3. The van der Waals surface area contributed by atoms with Crippen LogP contribution in [0.25, 0.3) is 6.08 Å². The zero-order chi connectivity index (χ0) is 26.4. The lowest BCUT2D eigenvalue weighted by Gasteiger charge is -2.19. The molecule has 0 fully saturated rings. The van der Waals surface area contributed by atoms with Crippen molar-refractivity contribution in [1.82, 2.24) is 0 Å². The lowest BCUT2D eigenvalue weighted by molar-refractivity contribution is -0.143. The summed E-state index contributed by atoms with van der Waals surface area (Å²) in [6.07, 6.45) is 3.80. The average molecular weight is 481 g/mol. The van der Waals surface area contributed by atoms with Gasteiger partial charge in [-0.3, -0.25) is 14.4 Å². The summed E-state index contributed by atoms with van der Waals surface area (Å²) < 4.78 is 16.8. The molecule has 0 saturated heterocycles. The van der Waals surface area contributed by atoms with E-state index < -0.39 is 10.8 Å². The average Bonchev–Trinajstić information content (AvgIpc) is 2.77. The predicted molar refractivity (Wildman–Crippen MR) is 137 cm³/mol. The monoisotopic (exact) mass is 480 g/mol. The summed E-state index contributed by atoms with van der Waals surface area (Å²) in [5, 5.41) is 0. The third kappa shape index (κ3) is 7.81. The van der Waals surface area contributed by atoms with Gasteiger partial charge in [-0.2, -0.15) is 0 Å². The van der Waals surface area contributed by atoms with Crippen molar-refractivity contribution in [2.75, 3.05) is 6.61 Å². The summed E-state index contributed by atoms with van der Waals surface area (Å²) in [5.41, 5.74) is 0.753. The van der Waals surface area contributed by atoms with E-state index in [0.717, 1.165) is 5.56 Å². The molecule has 0 radical (unpaired) electrons. The van der Waals surface area contributed by atoms with Crippen molar-refractivity contribution in [3.05, 3.63) is 59.2 Å². The lowest BCUT2D eigenvalue weighted by atomic mass is 9.97. The molecule has 0 aliphatic carbocycles. The molecule has 0 aliphatic rings. The molecule has 0 unspecified atom stereocenters. The van der Waals surface area contributed by atoms with Gasteiger partial charge in [-0.15, -0.1) is 0 Å². The smallest absolute Gasteiger partial charge is 0.316 e. The number of benzene rings is 2. The Kier molecular flexibility index (Phi) is 9.02. The molecule has 0 aliphatic heterocycles. The van der Waals surface area contributed by atoms with Gasteiger partial charge < -0.3 is 14.2 Å². The van der Waals surface area contributed by atoms with Crippen LogP contribution in [-0.2, 0) is 16.0 Å². The largest absolute Gasteiger partial charge is 0.493 e. The summed E-state index contributed by atoms with van der Waals surface area (Å²) in [5.74, 6) is 0.488. The summed E-state index contributed by atoms with van der Waals surface area (Å²) in [6, 6.07) is 10.0. The van der Waals surface area contributed by atoms with E-state index in [9.17, 15) is 14.4 Å². The van der Waals surface area contributed by atoms with Crippen LogP contribution in [0.4, 0.5) is 0 Å². The van der Waals surface area contributed by atoms with Crippen molar-refractivity contribution < 1.29 is 28.6 Å². The number of carbonyl (C=O) groups excluding carboxylic acids is 3. The van der Waals surface area contributed by atoms with Crippen molar-refractivity contribution >= 4 is 23.8 Å². The first-order valence-electron chi connectivity index (χ1n) is 11.8. The van der Waals surface area contributed by atoms with E-state index >= 15 is 0 Å². The Labute approximate surface area is 208 Å². The normalized spacial score (nSPS) is 11.9. The molecule has 35 heavy (non-hydrogen) atoms. The highest BCUT2D eigenvalue weighted by Crippen LogP contribution is 2.32. The highest BCUT2D eigenvalue weighted by molar-refractivity contribution is 6.07. The summed E-state index contributed by atoms with van der Waals surface area (Å²) in [7, 11) is 0. The molecule has 0 spiro atoms. The maximum absolute atomic E-state index is 12.8. The molecule has 0 atom stereocenters. The second kappa shape index (κ2) is 11.3. The Hall–Kier alpha value is -3.41. The van der Waals surface area contributed by atoms with Gasteiger partial charge in [-0.25, -0.2) is 0 Å². The predicted octanol–water partition coefficient (Wildman–Crippen LogP) is 6.45. The van der Waals surface area contributed by atoms with Crippen LogP contribution in [0.1, 0.15) is 76.9 Å². The maximum Gasteiger partial charge on any atom is 0.316 e. The van der Waals surface area contributed by atoms with Crippen LogP contribution in [0.15, 0.2) is 42.5 Å². The molecular weight excluding hydrogens is 444 g/mol. The van der Waals surface area contributed by atoms with Crippen LogP contribution in [0.5, 0.6) is 17.2 Å². The topological polar surface area (TPSA) is 78.9 Å². The number of esters is 2. The number of ether oxygens (including phenoxy) is 3. The lowest BCUT2D eigenvalue weighted by Crippen LogP contribution is -2.26. The molecule has 0 amide bonds. The van der Waals surface area contributed by atoms with Crippen molar-refractivity contribution in [1.29, 1.82) is 0 Å². The zero-order valence-corrected chi connectivity index (χ0v) is 22.0. The fraction of sp³-hybridized carbons (Fsp3) is 0.414. The SMILES string of the molecule is CCOc1cc(OC(=O)C(C)(C)C)c(CC)cc1C=CC(=O)c1ccc(OC(=O)C(C)(C)C)cc1. The van der Waals surface area contributed by atoms with Crippen molar-refractivity contribution in [2.45, 2.75) is 61.8 Å². The molecule has 0 N–H and O–H groups in total. The van der Waals surface area contributed by atoms with Crippen LogP contribution in [0.3, 0.4) is 0 Å². The molecule has 2 rings (SSSR count). The molecule has 2 aromatic rings. The van der Waals surface area contributed by atoms with Crippen LogP contribution in [-0.4, -0.2) is 24.3 Å². The molecule has 0 aromatic heterocycles. The molecule has 0 heterocycles. The third-order valence-electron chi connectivity index (χ3n) is 5.06. The summed E-state index contributed by atoms with van der Waals surface area (Å²) >= 11 is 0. The second-order valence-corrected chi connectivity index (χ2v) is 10.3. The van der Waals surface area contributed by atoms with Gasteiger partial charge in [0.25, 0.3) is 0 Å². The first-order chi connectivity index (χ1) is 16.3. The number of hydrogen-bond acceptors (Lipinski definition) is 6. The minimum Gasteiger partial charge on any atom is -0.493 e. The Morgan fingerprint density at radius 2 is 1.37 bits per heavy atom. The molecule has 6 nitrogen and oxygen atoms in total. The van der Waals surface area contributed by atoms with Gasteiger partial charge in [0.2, 0.25) is 0 Å². The Morgan fingerprint density at radius 1 is 0.800 bits per heavy atom. The summed E-state index contributed by atoms with van der Waals surface area (Å²) in [4.78, 5) is 37.2. The van der Waals surface area contributed by atoms with E-state index in [1.165, 1.54) is 6.08 Å². The number of carbonyl (C=O) groups is 3. The number of ketones is 1. The van der Waals surface area contributed by atoms with Crippen molar-refractivity contribution in [3.8, 4) is 17.2 Å². The Balaban J connectivity index is 2.26. The van der Waals surface area contributed by atoms with Crippen LogP contribution >= 0.6 is 0 Å². The summed E-state index contributed by atoms with van der Waals surface area (Å²) in [6.45, 7) is 15.0. The van der Waals surface area contributed by atoms with Gasteiger partial charge in [0.15, 0.2) is 5.78 Å². The highest BCUT2D eigenvalue weighted by Gasteiger charge is 2.25. The molecule has 188 valence electrons. The van der Waals surface area contributed by atoms with Crippen molar-refractivity contribution in [3.63, 3.8) is 0 Å². The number of aryl methyl sites for hydroxylation is 1. The van der Waals surface area contributed by atoms with Gasteiger partial charge >= 0.3 is 11.9 Å². The van der Waals surface area contributed by atoms with E-state index in [0.29, 0.717) is 41.4 Å². The van der Waals surface area contributed by atoms with E-state index in [1.54, 1.807) is 78.0 Å². The maximum atomic E-state index is 12.8. The van der Waals surface area contributed by atoms with Gasteiger partial charge in [0, 0.05) is 17.2 Å².